The second kappa shape index (κ2) is 9.21. The first-order valence-electron chi connectivity index (χ1n) is 10.6. The highest BCUT2D eigenvalue weighted by atomic mass is 19.4. The van der Waals surface area contributed by atoms with Gasteiger partial charge in [-0.15, -0.1) is 0 Å². The van der Waals surface area contributed by atoms with E-state index in [-0.39, 0.29) is 5.69 Å². The number of hydrogen-bond donors (Lipinski definition) is 1. The Bertz CT molecular complexity index is 1340. The summed E-state index contributed by atoms with van der Waals surface area (Å²) in [5.74, 6) is -1.32. The number of nitrogens with one attached hydrogen (secondary N) is 1. The lowest BCUT2D eigenvalue weighted by Crippen LogP contribution is -2.30. The van der Waals surface area contributed by atoms with E-state index in [9.17, 15) is 32.9 Å². The van der Waals surface area contributed by atoms with E-state index in [4.69, 9.17) is 4.74 Å². The van der Waals surface area contributed by atoms with Crippen LogP contribution in [0.15, 0.2) is 60.7 Å². The molecule has 3 aromatic rings. The number of anilines is 1. The number of halogens is 3. The fourth-order valence-corrected chi connectivity index (χ4v) is 3.92. The molecule has 4 rings (SSSR count). The maximum absolute atomic E-state index is 12.9. The van der Waals surface area contributed by atoms with Crippen LogP contribution in [0.25, 0.3) is 11.1 Å². The third-order valence-corrected chi connectivity index (χ3v) is 5.71. The van der Waals surface area contributed by atoms with Crippen LogP contribution in [-0.4, -0.2) is 29.3 Å². The molecule has 1 aliphatic carbocycles. The van der Waals surface area contributed by atoms with Gasteiger partial charge in [-0.1, -0.05) is 36.4 Å². The Labute approximate surface area is 197 Å². The van der Waals surface area contributed by atoms with Gasteiger partial charge in [0, 0.05) is 11.6 Å². The molecule has 35 heavy (non-hydrogen) atoms. The van der Waals surface area contributed by atoms with Gasteiger partial charge in [0.2, 0.25) is 0 Å². The number of nitro benzene ring substituents is 1. The molecule has 1 atom stereocenters. The van der Waals surface area contributed by atoms with Crippen molar-refractivity contribution in [3.63, 3.8) is 0 Å². The summed E-state index contributed by atoms with van der Waals surface area (Å²) in [7, 11) is 0. The molecule has 0 aliphatic heterocycles. The zero-order valence-electron chi connectivity index (χ0n) is 18.4. The minimum atomic E-state index is -4.76. The van der Waals surface area contributed by atoms with Crippen LogP contribution in [0.2, 0.25) is 0 Å². The molecule has 3 aromatic carbocycles. The van der Waals surface area contributed by atoms with E-state index < -0.39 is 46.8 Å². The van der Waals surface area contributed by atoms with Gasteiger partial charge < -0.3 is 10.1 Å². The molecule has 0 spiro atoms. The van der Waals surface area contributed by atoms with Gasteiger partial charge in [0.25, 0.3) is 5.69 Å². The number of fused-ring (bicyclic) bond motifs is 3. The number of carbonyl (C=O) groups is 2. The standard InChI is InChI=1S/C25H19F3N2O5/c1-14(29-21-9-8-18(25(26,27)28)12-22(21)30(33)34)24(32)35-13-23(31)17-7-6-16-10-15-4-2-3-5-19(15)20(16)11-17/h2-9,11-12,14,29H,10,13H2,1H3/t14-/m0/s1. The summed E-state index contributed by atoms with van der Waals surface area (Å²) in [6.45, 7) is 0.765. The van der Waals surface area contributed by atoms with Crippen LogP contribution in [0.1, 0.15) is 34.0 Å². The minimum absolute atomic E-state index is 0.281. The van der Waals surface area contributed by atoms with Gasteiger partial charge in [0.05, 0.1) is 10.5 Å². The smallest absolute Gasteiger partial charge is 0.416 e. The normalized spacial score (nSPS) is 12.9. The van der Waals surface area contributed by atoms with Gasteiger partial charge in [-0.05, 0) is 53.8 Å². The molecular weight excluding hydrogens is 465 g/mol. The Balaban J connectivity index is 1.41. The van der Waals surface area contributed by atoms with Crippen LogP contribution in [0, 0.1) is 10.1 Å². The van der Waals surface area contributed by atoms with Crippen LogP contribution in [0.4, 0.5) is 24.5 Å². The second-order valence-electron chi connectivity index (χ2n) is 8.09. The van der Waals surface area contributed by atoms with E-state index in [1.165, 1.54) is 6.92 Å². The van der Waals surface area contributed by atoms with E-state index >= 15 is 0 Å². The number of nitrogens with zero attached hydrogens (tertiary/aromatic N) is 1. The molecule has 0 saturated carbocycles. The number of rotatable bonds is 7. The molecule has 1 N–H and O–H groups in total. The molecule has 7 nitrogen and oxygen atoms in total. The predicted molar refractivity (Wildman–Crippen MR) is 121 cm³/mol. The van der Waals surface area contributed by atoms with Crippen molar-refractivity contribution in [1.29, 1.82) is 0 Å². The van der Waals surface area contributed by atoms with E-state index in [0.29, 0.717) is 17.7 Å². The summed E-state index contributed by atoms with van der Waals surface area (Å²) in [6.07, 6.45) is -3.98. The molecule has 0 heterocycles. The van der Waals surface area contributed by atoms with E-state index in [1.807, 2.05) is 30.3 Å². The summed E-state index contributed by atoms with van der Waals surface area (Å²) in [5, 5.41) is 13.7. The second-order valence-corrected chi connectivity index (χ2v) is 8.09. The van der Waals surface area contributed by atoms with E-state index in [1.54, 1.807) is 12.1 Å². The maximum atomic E-state index is 12.9. The van der Waals surface area contributed by atoms with Gasteiger partial charge in [-0.3, -0.25) is 14.9 Å². The number of esters is 1. The molecule has 0 saturated heterocycles. The predicted octanol–water partition coefficient (Wildman–Crippen LogP) is 5.41. The summed E-state index contributed by atoms with van der Waals surface area (Å²) in [4.78, 5) is 35.2. The van der Waals surface area contributed by atoms with Crippen LogP contribution < -0.4 is 5.32 Å². The molecule has 0 aromatic heterocycles. The first kappa shape index (κ1) is 23.9. The average molecular weight is 484 g/mol. The quantitative estimate of drug-likeness (QED) is 0.163. The maximum Gasteiger partial charge on any atom is 0.416 e. The monoisotopic (exact) mass is 484 g/mol. The number of Topliss-reactive ketones (excluding diaryl/α,β-unsaturated/α-hetero) is 1. The largest absolute Gasteiger partial charge is 0.456 e. The lowest BCUT2D eigenvalue weighted by Gasteiger charge is -2.15. The number of benzene rings is 3. The highest BCUT2D eigenvalue weighted by Gasteiger charge is 2.33. The molecule has 10 heteroatoms. The third kappa shape index (κ3) is 5.01. The van der Waals surface area contributed by atoms with Gasteiger partial charge in [-0.25, -0.2) is 4.79 Å². The summed E-state index contributed by atoms with van der Waals surface area (Å²) in [6, 6.07) is 13.9. The molecule has 1 aliphatic rings. The molecule has 180 valence electrons. The van der Waals surface area contributed by atoms with Gasteiger partial charge in [0.15, 0.2) is 12.4 Å². The fourth-order valence-electron chi connectivity index (χ4n) is 3.92. The number of alkyl halides is 3. The van der Waals surface area contributed by atoms with Crippen LogP contribution in [0.3, 0.4) is 0 Å². The lowest BCUT2D eigenvalue weighted by molar-refractivity contribution is -0.384. The van der Waals surface area contributed by atoms with Crippen LogP contribution >= 0.6 is 0 Å². The number of ether oxygens (including phenoxy) is 1. The molecular formula is C25H19F3N2O5. The van der Waals surface area contributed by atoms with Crippen molar-refractivity contribution >= 4 is 23.1 Å². The van der Waals surface area contributed by atoms with Crippen molar-refractivity contribution < 1.29 is 32.4 Å². The third-order valence-electron chi connectivity index (χ3n) is 5.71. The van der Waals surface area contributed by atoms with Crippen molar-refractivity contribution in [1.82, 2.24) is 0 Å². The zero-order chi connectivity index (χ0) is 25.3. The summed E-state index contributed by atoms with van der Waals surface area (Å²) >= 11 is 0. The Hall–Kier alpha value is -4.21. The van der Waals surface area contributed by atoms with Crippen molar-refractivity contribution in [3.8, 4) is 11.1 Å². The SMILES string of the molecule is C[C@H](Nc1ccc(C(F)(F)F)cc1[N+](=O)[O-])C(=O)OCC(=O)c1ccc2c(c1)-c1ccccc1C2. The first-order chi connectivity index (χ1) is 16.5. The van der Waals surface area contributed by atoms with Crippen molar-refractivity contribution in [2.45, 2.75) is 25.6 Å². The lowest BCUT2D eigenvalue weighted by atomic mass is 10.0. The topological polar surface area (TPSA) is 98.5 Å². The molecule has 0 amide bonds. The Morgan fingerprint density at radius 3 is 2.49 bits per heavy atom. The Kier molecular flexibility index (Phi) is 6.29. The van der Waals surface area contributed by atoms with Crippen LogP contribution in [0.5, 0.6) is 0 Å². The number of carbonyl (C=O) groups excluding carboxylic acids is 2. The van der Waals surface area contributed by atoms with Gasteiger partial charge in [-0.2, -0.15) is 13.2 Å². The molecule has 0 fully saturated rings. The molecule has 0 radical (unpaired) electrons. The number of ketones is 1. The van der Waals surface area contributed by atoms with Crippen molar-refractivity contribution in [2.24, 2.45) is 0 Å². The average Bonchev–Trinajstić information content (AvgIpc) is 3.19. The zero-order valence-corrected chi connectivity index (χ0v) is 18.4. The van der Waals surface area contributed by atoms with Crippen LogP contribution in [-0.2, 0) is 22.1 Å². The van der Waals surface area contributed by atoms with E-state index in [0.717, 1.165) is 34.7 Å². The fraction of sp³-hybridized carbons (Fsp3) is 0.200. The van der Waals surface area contributed by atoms with Crippen molar-refractivity contribution in [3.05, 3.63) is 93.0 Å². The summed E-state index contributed by atoms with van der Waals surface area (Å²) in [5.41, 5.74) is 2.31. The molecule has 0 unspecified atom stereocenters. The highest BCUT2D eigenvalue weighted by molar-refractivity contribution is 6.00. The van der Waals surface area contributed by atoms with Crippen molar-refractivity contribution in [2.75, 3.05) is 11.9 Å². The van der Waals surface area contributed by atoms with E-state index in [2.05, 4.69) is 5.32 Å². The van der Waals surface area contributed by atoms with Gasteiger partial charge >= 0.3 is 12.1 Å². The first-order valence-corrected chi connectivity index (χ1v) is 10.6. The van der Waals surface area contributed by atoms with Gasteiger partial charge in [0.1, 0.15) is 11.7 Å². The summed E-state index contributed by atoms with van der Waals surface area (Å²) < 4.78 is 43.7. The Morgan fingerprint density at radius 1 is 1.06 bits per heavy atom. The minimum Gasteiger partial charge on any atom is -0.456 e. The molecule has 0 bridgehead atoms. The Morgan fingerprint density at radius 2 is 1.77 bits per heavy atom. The number of nitro groups is 1. The number of hydrogen-bond acceptors (Lipinski definition) is 6. The highest BCUT2D eigenvalue weighted by Crippen LogP contribution is 2.37.